The van der Waals surface area contributed by atoms with E-state index in [0.29, 0.717) is 5.82 Å². The first-order valence-electron chi connectivity index (χ1n) is 7.34. The van der Waals surface area contributed by atoms with E-state index in [1.165, 1.54) is 0 Å². The Morgan fingerprint density at radius 1 is 1.29 bits per heavy atom. The Balaban J connectivity index is 2.30. The van der Waals surface area contributed by atoms with E-state index < -0.39 is 9.76 Å². The average Bonchev–Trinajstić information content (AvgIpc) is 2.34. The highest BCUT2D eigenvalue weighted by atomic mass is 28.2. The number of fused-ring (bicyclic) bond motifs is 1. The molecule has 1 atom stereocenters. The van der Waals surface area contributed by atoms with Crippen molar-refractivity contribution in [2.75, 3.05) is 17.6 Å². The van der Waals surface area contributed by atoms with Crippen LogP contribution < -0.4 is 11.1 Å². The van der Waals surface area contributed by atoms with E-state index in [2.05, 4.69) is 49.9 Å². The maximum Gasteiger partial charge on any atom is 0.225 e. The van der Waals surface area contributed by atoms with Gasteiger partial charge < -0.3 is 20.6 Å². The zero-order valence-corrected chi connectivity index (χ0v) is 14.9. The maximum atomic E-state index is 10.2. The van der Waals surface area contributed by atoms with Gasteiger partial charge in [0.1, 0.15) is 5.82 Å². The van der Waals surface area contributed by atoms with E-state index in [-0.39, 0.29) is 28.4 Å². The zero-order chi connectivity index (χ0) is 15.8. The third-order valence-electron chi connectivity index (χ3n) is 3.73. The fourth-order valence-electron chi connectivity index (χ4n) is 2.61. The number of hydrogen-bond acceptors (Lipinski definition) is 6. The molecule has 1 aromatic heterocycles. The van der Waals surface area contributed by atoms with Gasteiger partial charge in [0.15, 0.2) is 9.76 Å². The minimum absolute atomic E-state index is 0.0381. The van der Waals surface area contributed by atoms with Crippen LogP contribution in [0.2, 0.25) is 5.04 Å². The van der Waals surface area contributed by atoms with E-state index >= 15 is 0 Å². The Morgan fingerprint density at radius 2 is 1.95 bits per heavy atom. The van der Waals surface area contributed by atoms with Crippen LogP contribution in [-0.2, 0) is 4.43 Å². The molecule has 0 saturated carbocycles. The summed E-state index contributed by atoms with van der Waals surface area (Å²) in [5, 5.41) is 13.6. The molecule has 21 heavy (non-hydrogen) atoms. The van der Waals surface area contributed by atoms with Crippen LogP contribution in [0.3, 0.4) is 0 Å². The molecule has 0 radical (unpaired) electrons. The lowest BCUT2D eigenvalue weighted by atomic mass is 9.81. The minimum atomic E-state index is -0.687. The number of aromatic hydroxyl groups is 1. The number of rotatable bonds is 3. The number of nitrogen functional groups attached to an aromatic ring is 1. The molecule has 6 nitrogen and oxygen atoms in total. The van der Waals surface area contributed by atoms with Gasteiger partial charge in [-0.25, -0.2) is 0 Å². The molecule has 0 saturated heterocycles. The van der Waals surface area contributed by atoms with Crippen LogP contribution in [0.5, 0.6) is 5.88 Å². The van der Waals surface area contributed by atoms with Crippen molar-refractivity contribution in [1.29, 1.82) is 0 Å². The lowest BCUT2D eigenvalue weighted by Crippen LogP contribution is -2.39. The predicted molar refractivity (Wildman–Crippen MR) is 87.4 cm³/mol. The third-order valence-corrected chi connectivity index (χ3v) is 5.49. The molecule has 0 spiro atoms. The summed E-state index contributed by atoms with van der Waals surface area (Å²) in [5.74, 6) is 0.737. The summed E-state index contributed by atoms with van der Waals surface area (Å²) in [4.78, 5) is 8.10. The normalized spacial score (nSPS) is 19.6. The molecule has 0 bridgehead atoms. The SMILES string of the molecule is CC(C)(C)[SiH2]OC(C)(C)C1CCNc2nc(N)nc(O)c21. The quantitative estimate of drug-likeness (QED) is 0.737. The molecular formula is C14H26N4O2Si. The van der Waals surface area contributed by atoms with Crippen molar-refractivity contribution in [2.45, 2.75) is 57.6 Å². The molecule has 0 amide bonds. The first-order valence-corrected chi connectivity index (χ1v) is 8.63. The van der Waals surface area contributed by atoms with E-state index in [9.17, 15) is 5.11 Å². The second kappa shape index (κ2) is 5.45. The Morgan fingerprint density at radius 3 is 2.57 bits per heavy atom. The Kier molecular flexibility index (Phi) is 4.16. The highest BCUT2D eigenvalue weighted by molar-refractivity contribution is 6.31. The maximum absolute atomic E-state index is 10.2. The highest BCUT2D eigenvalue weighted by Gasteiger charge is 2.38. The van der Waals surface area contributed by atoms with Crippen molar-refractivity contribution < 1.29 is 9.53 Å². The van der Waals surface area contributed by atoms with E-state index in [1.54, 1.807) is 0 Å². The number of nitrogens with zero attached hydrogens (tertiary/aromatic N) is 2. The third kappa shape index (κ3) is 3.65. The summed E-state index contributed by atoms with van der Waals surface area (Å²) in [6.45, 7) is 11.6. The topological polar surface area (TPSA) is 93.3 Å². The molecule has 0 aliphatic carbocycles. The summed E-state index contributed by atoms with van der Waals surface area (Å²) in [5.41, 5.74) is 5.98. The molecular weight excluding hydrogens is 284 g/mol. The lowest BCUT2D eigenvalue weighted by molar-refractivity contribution is 0.0728. The summed E-state index contributed by atoms with van der Waals surface area (Å²) >= 11 is 0. The average molecular weight is 310 g/mol. The molecule has 1 aliphatic rings. The van der Waals surface area contributed by atoms with Crippen molar-refractivity contribution in [2.24, 2.45) is 0 Å². The van der Waals surface area contributed by atoms with Gasteiger partial charge in [-0.05, 0) is 25.3 Å². The van der Waals surface area contributed by atoms with E-state index in [1.807, 2.05) is 0 Å². The van der Waals surface area contributed by atoms with Crippen molar-refractivity contribution in [1.82, 2.24) is 9.97 Å². The van der Waals surface area contributed by atoms with Crippen molar-refractivity contribution in [3.05, 3.63) is 5.56 Å². The Bertz CT molecular complexity index is 528. The molecule has 2 heterocycles. The van der Waals surface area contributed by atoms with E-state index in [4.69, 9.17) is 10.2 Å². The van der Waals surface area contributed by atoms with Gasteiger partial charge in [0, 0.05) is 12.5 Å². The fraction of sp³-hybridized carbons (Fsp3) is 0.714. The number of nitrogens with one attached hydrogen (secondary N) is 1. The van der Waals surface area contributed by atoms with Gasteiger partial charge in [-0.1, -0.05) is 20.8 Å². The van der Waals surface area contributed by atoms with Crippen LogP contribution in [0.4, 0.5) is 11.8 Å². The summed E-state index contributed by atoms with van der Waals surface area (Å²) in [7, 11) is -0.687. The zero-order valence-electron chi connectivity index (χ0n) is 13.5. The van der Waals surface area contributed by atoms with Gasteiger partial charge in [-0.15, -0.1) is 0 Å². The van der Waals surface area contributed by atoms with Crippen molar-refractivity contribution in [3.8, 4) is 5.88 Å². The largest absolute Gasteiger partial charge is 0.493 e. The smallest absolute Gasteiger partial charge is 0.225 e. The number of anilines is 2. The number of nitrogens with two attached hydrogens (primary N) is 1. The monoisotopic (exact) mass is 310 g/mol. The molecule has 118 valence electrons. The lowest BCUT2D eigenvalue weighted by Gasteiger charge is -2.40. The van der Waals surface area contributed by atoms with Crippen molar-refractivity contribution in [3.63, 3.8) is 0 Å². The van der Waals surface area contributed by atoms with Gasteiger partial charge in [-0.3, -0.25) is 0 Å². The second-order valence-electron chi connectivity index (χ2n) is 7.39. The standard InChI is InChI=1S/C14H26N4O2Si/c1-13(2,3)21-20-14(4,5)8-6-7-16-10-9(8)11(19)18-12(15)17-10/h8H,6-7,21H2,1-5H3,(H4,15,16,17,18,19). The Hall–Kier alpha value is -1.34. The number of aromatic nitrogens is 2. The van der Waals surface area contributed by atoms with Gasteiger partial charge in [0.25, 0.3) is 0 Å². The minimum Gasteiger partial charge on any atom is -0.493 e. The molecule has 4 N–H and O–H groups in total. The van der Waals surface area contributed by atoms with Crippen LogP contribution in [-0.4, -0.2) is 37.0 Å². The van der Waals surface area contributed by atoms with E-state index in [0.717, 1.165) is 18.5 Å². The highest BCUT2D eigenvalue weighted by Crippen LogP contribution is 2.44. The summed E-state index contributed by atoms with van der Waals surface area (Å²) in [6.07, 6.45) is 0.874. The second-order valence-corrected chi connectivity index (χ2v) is 10.1. The molecule has 0 aromatic carbocycles. The molecule has 0 fully saturated rings. The van der Waals surface area contributed by atoms with Crippen LogP contribution >= 0.6 is 0 Å². The Labute approximate surface area is 128 Å². The van der Waals surface area contributed by atoms with Gasteiger partial charge in [0.05, 0.1) is 11.2 Å². The summed E-state index contributed by atoms with van der Waals surface area (Å²) in [6, 6.07) is 0. The van der Waals surface area contributed by atoms with Crippen molar-refractivity contribution >= 4 is 21.5 Å². The first-order chi connectivity index (χ1) is 9.60. The first kappa shape index (κ1) is 16.0. The molecule has 2 rings (SSSR count). The molecule has 7 heteroatoms. The predicted octanol–water partition coefficient (Wildman–Crippen LogP) is 1.76. The molecule has 1 aromatic rings. The molecule has 1 aliphatic heterocycles. The van der Waals surface area contributed by atoms with Crippen LogP contribution in [0, 0.1) is 0 Å². The fourth-order valence-corrected chi connectivity index (χ4v) is 3.61. The molecule has 1 unspecified atom stereocenters. The van der Waals surface area contributed by atoms with Gasteiger partial charge in [0.2, 0.25) is 11.8 Å². The van der Waals surface area contributed by atoms with Gasteiger partial charge in [-0.2, -0.15) is 9.97 Å². The number of hydrogen-bond donors (Lipinski definition) is 3. The van der Waals surface area contributed by atoms with Crippen LogP contribution in [0.15, 0.2) is 0 Å². The summed E-state index contributed by atoms with van der Waals surface area (Å²) < 4.78 is 6.29. The van der Waals surface area contributed by atoms with Crippen LogP contribution in [0.1, 0.15) is 52.5 Å². The van der Waals surface area contributed by atoms with Gasteiger partial charge >= 0.3 is 0 Å². The van der Waals surface area contributed by atoms with Crippen LogP contribution in [0.25, 0.3) is 0 Å².